The summed E-state index contributed by atoms with van der Waals surface area (Å²) in [5, 5.41) is 1.35. The Labute approximate surface area is 153 Å². The number of hydrogen-bond donors (Lipinski definition) is 1. The van der Waals surface area contributed by atoms with Crippen molar-refractivity contribution in [1.82, 2.24) is 9.55 Å². The third-order valence-electron chi connectivity index (χ3n) is 3.52. The number of rotatable bonds is 5. The van der Waals surface area contributed by atoms with Gasteiger partial charge in [-0.3, -0.25) is 14.2 Å². The van der Waals surface area contributed by atoms with Gasteiger partial charge in [0.05, 0.1) is 16.6 Å². The minimum atomic E-state index is -0.597. The molecule has 0 aliphatic carbocycles. The van der Waals surface area contributed by atoms with Gasteiger partial charge in [0.25, 0.3) is 5.56 Å². The zero-order valence-electron chi connectivity index (χ0n) is 13.1. The summed E-state index contributed by atoms with van der Waals surface area (Å²) in [6.07, 6.45) is 1.74. The summed E-state index contributed by atoms with van der Waals surface area (Å²) in [6, 6.07) is 11.6. The van der Waals surface area contributed by atoms with Crippen LogP contribution in [-0.4, -0.2) is 21.2 Å². The molecule has 0 aliphatic heterocycles. The van der Waals surface area contributed by atoms with Crippen molar-refractivity contribution in [1.29, 1.82) is 0 Å². The SMILES string of the molecule is C=CCSc1nc2ccc(C(N)=O)cc2c(=O)n1-c1cccc(Cl)c1. The number of amides is 1. The van der Waals surface area contributed by atoms with Gasteiger partial charge >= 0.3 is 0 Å². The van der Waals surface area contributed by atoms with Crippen LogP contribution in [0.15, 0.2) is 65.1 Å². The van der Waals surface area contributed by atoms with Crippen LogP contribution >= 0.6 is 23.4 Å². The van der Waals surface area contributed by atoms with E-state index in [4.69, 9.17) is 17.3 Å². The van der Waals surface area contributed by atoms with Crippen molar-refractivity contribution in [2.24, 2.45) is 5.73 Å². The Morgan fingerprint density at radius 2 is 2.12 bits per heavy atom. The lowest BCUT2D eigenvalue weighted by Gasteiger charge is -2.13. The molecule has 0 saturated carbocycles. The molecule has 7 heteroatoms. The number of benzene rings is 2. The first-order valence-corrected chi connectivity index (χ1v) is 8.74. The second-order valence-electron chi connectivity index (χ2n) is 5.21. The van der Waals surface area contributed by atoms with Crippen molar-refractivity contribution < 1.29 is 4.79 Å². The van der Waals surface area contributed by atoms with Gasteiger partial charge in [-0.15, -0.1) is 6.58 Å². The minimum absolute atomic E-state index is 0.260. The molecule has 1 aromatic heterocycles. The summed E-state index contributed by atoms with van der Waals surface area (Å²) < 4.78 is 1.48. The van der Waals surface area contributed by atoms with Crippen LogP contribution in [-0.2, 0) is 0 Å². The molecule has 0 fully saturated rings. The summed E-state index contributed by atoms with van der Waals surface area (Å²) >= 11 is 7.46. The van der Waals surface area contributed by atoms with Crippen LogP contribution in [0.1, 0.15) is 10.4 Å². The van der Waals surface area contributed by atoms with E-state index < -0.39 is 5.91 Å². The molecule has 0 saturated heterocycles. The fourth-order valence-corrected chi connectivity index (χ4v) is 3.32. The quantitative estimate of drug-likeness (QED) is 0.423. The molecule has 2 aromatic carbocycles. The second-order valence-corrected chi connectivity index (χ2v) is 6.63. The van der Waals surface area contributed by atoms with Gasteiger partial charge in [0, 0.05) is 16.3 Å². The van der Waals surface area contributed by atoms with Crippen LogP contribution < -0.4 is 11.3 Å². The first-order chi connectivity index (χ1) is 12.0. The zero-order valence-corrected chi connectivity index (χ0v) is 14.7. The zero-order chi connectivity index (χ0) is 18.0. The van der Waals surface area contributed by atoms with E-state index in [1.165, 1.54) is 22.4 Å². The number of halogens is 1. The van der Waals surface area contributed by atoms with Crippen LogP contribution in [0, 0.1) is 0 Å². The summed E-state index contributed by atoms with van der Waals surface area (Å²) in [5.74, 6) is -0.00144. The van der Waals surface area contributed by atoms with Gasteiger partial charge in [-0.2, -0.15) is 0 Å². The largest absolute Gasteiger partial charge is 0.366 e. The molecular formula is C18H14ClN3O2S. The van der Waals surface area contributed by atoms with Crippen LogP contribution in [0.25, 0.3) is 16.6 Å². The fraction of sp³-hybridized carbons (Fsp3) is 0.0556. The Morgan fingerprint density at radius 1 is 1.32 bits per heavy atom. The molecule has 0 aliphatic rings. The third kappa shape index (κ3) is 3.45. The highest BCUT2D eigenvalue weighted by Crippen LogP contribution is 2.23. The van der Waals surface area contributed by atoms with E-state index in [0.29, 0.717) is 32.5 Å². The van der Waals surface area contributed by atoms with E-state index >= 15 is 0 Å². The molecule has 0 bridgehead atoms. The number of thioether (sulfide) groups is 1. The smallest absolute Gasteiger partial charge is 0.266 e. The molecule has 1 heterocycles. The van der Waals surface area contributed by atoms with Crippen LogP contribution in [0.4, 0.5) is 0 Å². The van der Waals surface area contributed by atoms with E-state index in [9.17, 15) is 9.59 Å². The van der Waals surface area contributed by atoms with Gasteiger partial charge in [0.15, 0.2) is 5.16 Å². The predicted octanol–water partition coefficient (Wildman–Crippen LogP) is 3.42. The predicted molar refractivity (Wildman–Crippen MR) is 102 cm³/mol. The first kappa shape index (κ1) is 17.3. The van der Waals surface area contributed by atoms with Crippen molar-refractivity contribution in [3.8, 4) is 5.69 Å². The molecule has 1 amide bonds. The number of fused-ring (bicyclic) bond motifs is 1. The number of nitrogens with zero attached hydrogens (tertiary/aromatic N) is 2. The Kier molecular flexibility index (Phi) is 4.92. The molecule has 25 heavy (non-hydrogen) atoms. The van der Waals surface area contributed by atoms with Crippen molar-refractivity contribution in [3.63, 3.8) is 0 Å². The maximum absolute atomic E-state index is 13.1. The topological polar surface area (TPSA) is 78.0 Å². The van der Waals surface area contributed by atoms with E-state index in [2.05, 4.69) is 11.6 Å². The maximum Gasteiger partial charge on any atom is 0.266 e. The molecule has 3 rings (SSSR count). The van der Waals surface area contributed by atoms with Gasteiger partial charge in [-0.1, -0.05) is 35.5 Å². The van der Waals surface area contributed by atoms with Crippen LogP contribution in [0.5, 0.6) is 0 Å². The van der Waals surface area contributed by atoms with Crippen molar-refractivity contribution in [3.05, 3.63) is 76.1 Å². The Morgan fingerprint density at radius 3 is 2.80 bits per heavy atom. The van der Waals surface area contributed by atoms with Crippen molar-refractivity contribution in [2.75, 3.05) is 5.75 Å². The molecule has 126 valence electrons. The summed E-state index contributed by atoms with van der Waals surface area (Å²) in [4.78, 5) is 29.1. The van der Waals surface area contributed by atoms with Crippen LogP contribution in [0.2, 0.25) is 5.02 Å². The number of carbonyl (C=O) groups is 1. The van der Waals surface area contributed by atoms with E-state index in [-0.39, 0.29) is 11.1 Å². The molecule has 0 unspecified atom stereocenters. The molecule has 0 spiro atoms. The van der Waals surface area contributed by atoms with Gasteiger partial charge in [0.2, 0.25) is 5.91 Å². The highest BCUT2D eigenvalue weighted by atomic mass is 35.5. The number of nitrogens with two attached hydrogens (primary N) is 1. The average Bonchev–Trinajstić information content (AvgIpc) is 2.59. The third-order valence-corrected chi connectivity index (χ3v) is 4.69. The van der Waals surface area contributed by atoms with Crippen molar-refractivity contribution in [2.45, 2.75) is 5.16 Å². The number of primary amides is 1. The normalized spacial score (nSPS) is 10.8. The molecule has 0 atom stereocenters. The summed E-state index contributed by atoms with van der Waals surface area (Å²) in [6.45, 7) is 3.70. The van der Waals surface area contributed by atoms with Gasteiger partial charge in [-0.05, 0) is 36.4 Å². The molecular weight excluding hydrogens is 358 g/mol. The summed E-state index contributed by atoms with van der Waals surface area (Å²) in [7, 11) is 0. The van der Waals surface area contributed by atoms with E-state index in [1.807, 2.05) is 0 Å². The average molecular weight is 372 g/mol. The molecule has 5 nitrogen and oxygen atoms in total. The molecule has 2 N–H and O–H groups in total. The Hall–Kier alpha value is -2.57. The Balaban J connectivity index is 2.33. The molecule has 3 aromatic rings. The van der Waals surface area contributed by atoms with E-state index in [0.717, 1.165) is 0 Å². The number of hydrogen-bond acceptors (Lipinski definition) is 4. The lowest BCUT2D eigenvalue weighted by atomic mass is 10.1. The standard InChI is InChI=1S/C18H14ClN3O2S/c1-2-8-25-18-21-15-7-6-11(16(20)23)9-14(15)17(24)22(18)13-5-3-4-12(19)10-13/h2-7,9-10H,1,8H2,(H2,20,23). The fourth-order valence-electron chi connectivity index (χ4n) is 2.39. The first-order valence-electron chi connectivity index (χ1n) is 7.37. The second kappa shape index (κ2) is 7.13. The summed E-state index contributed by atoms with van der Waals surface area (Å²) in [5.41, 5.74) is 6.39. The van der Waals surface area contributed by atoms with E-state index in [1.54, 1.807) is 42.5 Å². The van der Waals surface area contributed by atoms with Gasteiger partial charge in [-0.25, -0.2) is 4.98 Å². The highest BCUT2D eigenvalue weighted by molar-refractivity contribution is 7.99. The Bertz CT molecular complexity index is 1050. The number of aromatic nitrogens is 2. The van der Waals surface area contributed by atoms with Gasteiger partial charge in [0.1, 0.15) is 0 Å². The maximum atomic E-state index is 13.1. The van der Waals surface area contributed by atoms with Crippen LogP contribution in [0.3, 0.4) is 0 Å². The molecule has 0 radical (unpaired) electrons. The lowest BCUT2D eigenvalue weighted by molar-refractivity contribution is 0.100. The highest BCUT2D eigenvalue weighted by Gasteiger charge is 2.14. The minimum Gasteiger partial charge on any atom is -0.366 e. The monoisotopic (exact) mass is 371 g/mol. The van der Waals surface area contributed by atoms with Gasteiger partial charge < -0.3 is 5.73 Å². The lowest BCUT2D eigenvalue weighted by Crippen LogP contribution is -2.22. The van der Waals surface area contributed by atoms with Crippen molar-refractivity contribution >= 4 is 40.2 Å². The number of carbonyl (C=O) groups excluding carboxylic acids is 1.